The van der Waals surface area contributed by atoms with Gasteiger partial charge in [0.05, 0.1) is 18.4 Å². The number of hydrogen-bond acceptors (Lipinski definition) is 7. The molecule has 27 heavy (non-hydrogen) atoms. The summed E-state index contributed by atoms with van der Waals surface area (Å²) in [5, 5.41) is 7.87. The van der Waals surface area contributed by atoms with Crippen LogP contribution in [0.4, 0.5) is 0 Å². The van der Waals surface area contributed by atoms with Crippen LogP contribution in [0.25, 0.3) is 11.3 Å². The van der Waals surface area contributed by atoms with Crippen molar-refractivity contribution in [1.82, 2.24) is 24.2 Å². The molecule has 4 heterocycles. The molecule has 0 bridgehead atoms. The number of nitrogens with zero attached hydrogens (tertiary/aromatic N) is 5. The predicted molar refractivity (Wildman–Crippen MR) is 95.1 cm³/mol. The van der Waals surface area contributed by atoms with Crippen LogP contribution in [0.3, 0.4) is 0 Å². The molecule has 1 unspecified atom stereocenters. The average Bonchev–Trinajstić information content (AvgIpc) is 3.36. The van der Waals surface area contributed by atoms with Crippen molar-refractivity contribution in [3.05, 3.63) is 59.5 Å². The molecule has 3 aromatic heterocycles. The molecular weight excluding hydrogens is 370 g/mol. The maximum atomic E-state index is 12.8. The molecule has 0 amide bonds. The van der Waals surface area contributed by atoms with E-state index in [1.54, 1.807) is 24.5 Å². The van der Waals surface area contributed by atoms with Crippen LogP contribution < -0.4 is 5.56 Å². The maximum absolute atomic E-state index is 12.8. The zero-order chi connectivity index (χ0) is 18.9. The van der Waals surface area contributed by atoms with Gasteiger partial charge in [-0.1, -0.05) is 5.16 Å². The van der Waals surface area contributed by atoms with Crippen LogP contribution in [-0.2, 0) is 16.6 Å². The summed E-state index contributed by atoms with van der Waals surface area (Å²) >= 11 is 0. The van der Waals surface area contributed by atoms with Crippen molar-refractivity contribution in [2.75, 3.05) is 6.54 Å². The molecule has 1 atom stereocenters. The lowest BCUT2D eigenvalue weighted by atomic mass is 10.2. The molecule has 0 radical (unpaired) electrons. The first kappa shape index (κ1) is 17.6. The third kappa shape index (κ3) is 3.40. The minimum Gasteiger partial charge on any atom is -0.363 e. The van der Waals surface area contributed by atoms with Crippen LogP contribution in [0.5, 0.6) is 0 Å². The van der Waals surface area contributed by atoms with Gasteiger partial charge in [-0.05, 0) is 31.0 Å². The average molecular weight is 387 g/mol. The Morgan fingerprint density at radius 2 is 2.11 bits per heavy atom. The lowest BCUT2D eigenvalue weighted by molar-refractivity contribution is 0.335. The zero-order valence-electron chi connectivity index (χ0n) is 14.3. The molecule has 0 aromatic carbocycles. The van der Waals surface area contributed by atoms with Gasteiger partial charge in [-0.25, -0.2) is 13.1 Å². The minimum atomic E-state index is -3.72. The van der Waals surface area contributed by atoms with Crippen LogP contribution in [0.2, 0.25) is 0 Å². The fourth-order valence-electron chi connectivity index (χ4n) is 3.21. The second-order valence-electron chi connectivity index (χ2n) is 6.25. The van der Waals surface area contributed by atoms with Crippen LogP contribution in [0.15, 0.2) is 63.3 Å². The van der Waals surface area contributed by atoms with E-state index < -0.39 is 10.0 Å². The monoisotopic (exact) mass is 387 g/mol. The molecule has 10 heteroatoms. The van der Waals surface area contributed by atoms with Crippen molar-refractivity contribution < 1.29 is 12.9 Å². The van der Waals surface area contributed by atoms with Gasteiger partial charge in [0.25, 0.3) is 5.56 Å². The Kier molecular flexibility index (Phi) is 4.58. The van der Waals surface area contributed by atoms with E-state index in [0.717, 1.165) is 11.8 Å². The molecular formula is C17H17N5O4S. The summed E-state index contributed by atoms with van der Waals surface area (Å²) in [4.78, 5) is 16.3. The molecule has 1 fully saturated rings. The number of hydrogen-bond donors (Lipinski definition) is 0. The third-order valence-corrected chi connectivity index (χ3v) is 6.44. The van der Waals surface area contributed by atoms with Crippen molar-refractivity contribution in [3.8, 4) is 11.3 Å². The van der Waals surface area contributed by atoms with Crippen molar-refractivity contribution in [2.24, 2.45) is 0 Å². The lowest BCUT2D eigenvalue weighted by Crippen LogP contribution is -2.40. The number of aromatic nitrogens is 4. The first-order valence-corrected chi connectivity index (χ1v) is 9.89. The summed E-state index contributed by atoms with van der Waals surface area (Å²) in [5.74, 6) is 0. The Hall–Kier alpha value is -2.85. The van der Waals surface area contributed by atoms with Crippen LogP contribution >= 0.6 is 0 Å². The second-order valence-corrected chi connectivity index (χ2v) is 8.14. The van der Waals surface area contributed by atoms with Gasteiger partial charge in [-0.2, -0.15) is 9.40 Å². The van der Waals surface area contributed by atoms with E-state index in [0.29, 0.717) is 25.1 Å². The first-order valence-electron chi connectivity index (χ1n) is 8.45. The highest BCUT2D eigenvalue weighted by Gasteiger charge is 2.36. The van der Waals surface area contributed by atoms with E-state index >= 15 is 0 Å². The molecule has 1 aliphatic rings. The Balaban J connectivity index is 1.63. The summed E-state index contributed by atoms with van der Waals surface area (Å²) in [7, 11) is -3.72. The van der Waals surface area contributed by atoms with Crippen LogP contribution in [-0.4, -0.2) is 45.2 Å². The summed E-state index contributed by atoms with van der Waals surface area (Å²) in [6.07, 6.45) is 6.97. The summed E-state index contributed by atoms with van der Waals surface area (Å²) < 4.78 is 32.9. The molecule has 0 N–H and O–H groups in total. The van der Waals surface area contributed by atoms with E-state index in [4.69, 9.17) is 0 Å². The SMILES string of the molecule is O=c1ccc(-c2cccnc2)nn1CC1CCCN1S(=O)(=O)c1cnoc1. The van der Waals surface area contributed by atoms with Gasteiger partial charge < -0.3 is 4.52 Å². The Morgan fingerprint density at radius 1 is 1.22 bits per heavy atom. The van der Waals surface area contributed by atoms with E-state index in [9.17, 15) is 13.2 Å². The highest BCUT2D eigenvalue weighted by Crippen LogP contribution is 2.26. The molecule has 0 spiro atoms. The Morgan fingerprint density at radius 3 is 2.85 bits per heavy atom. The van der Waals surface area contributed by atoms with Gasteiger partial charge in [0.1, 0.15) is 11.2 Å². The van der Waals surface area contributed by atoms with Crippen molar-refractivity contribution in [3.63, 3.8) is 0 Å². The minimum absolute atomic E-state index is 0.0128. The molecule has 1 saturated heterocycles. The van der Waals surface area contributed by atoms with Gasteiger partial charge in [0.2, 0.25) is 10.0 Å². The smallest absolute Gasteiger partial charge is 0.266 e. The van der Waals surface area contributed by atoms with Gasteiger partial charge in [0, 0.05) is 36.6 Å². The Bertz CT molecular complexity index is 1080. The zero-order valence-corrected chi connectivity index (χ0v) is 15.1. The topological polar surface area (TPSA) is 111 Å². The molecule has 9 nitrogen and oxygen atoms in total. The fraction of sp³-hybridized carbons (Fsp3) is 0.294. The number of pyridine rings is 1. The van der Waals surface area contributed by atoms with Crippen molar-refractivity contribution in [2.45, 2.75) is 30.3 Å². The highest BCUT2D eigenvalue weighted by atomic mass is 32.2. The standard InChI is InChI=1S/C17H17N5O4S/c23-17-6-5-16(13-3-1-7-18-9-13)20-21(17)11-14-4-2-8-22(14)27(24,25)15-10-19-26-12-15/h1,3,5-7,9-10,12,14H,2,4,8,11H2. The lowest BCUT2D eigenvalue weighted by Gasteiger charge is -2.23. The molecule has 140 valence electrons. The summed E-state index contributed by atoms with van der Waals surface area (Å²) in [5.41, 5.74) is 1.11. The third-order valence-electron chi connectivity index (χ3n) is 4.55. The van der Waals surface area contributed by atoms with Gasteiger partial charge in [-0.15, -0.1) is 0 Å². The second kappa shape index (κ2) is 7.05. The molecule has 0 aliphatic carbocycles. The molecule has 0 saturated carbocycles. The van der Waals surface area contributed by atoms with E-state index in [2.05, 4.69) is 19.8 Å². The van der Waals surface area contributed by atoms with E-state index in [1.807, 2.05) is 6.07 Å². The van der Waals surface area contributed by atoms with Gasteiger partial charge in [-0.3, -0.25) is 9.78 Å². The molecule has 4 rings (SSSR count). The van der Waals surface area contributed by atoms with Crippen LogP contribution in [0.1, 0.15) is 12.8 Å². The van der Waals surface area contributed by atoms with E-state index in [-0.39, 0.29) is 23.0 Å². The summed E-state index contributed by atoms with van der Waals surface area (Å²) in [6, 6.07) is 6.34. The molecule has 3 aromatic rings. The van der Waals surface area contributed by atoms with Crippen LogP contribution in [0, 0.1) is 0 Å². The fourth-order valence-corrected chi connectivity index (χ4v) is 4.76. The van der Waals surface area contributed by atoms with Crippen molar-refractivity contribution >= 4 is 10.0 Å². The predicted octanol–water partition coefficient (Wildman–Crippen LogP) is 1.15. The summed E-state index contributed by atoms with van der Waals surface area (Å²) in [6.45, 7) is 0.562. The van der Waals surface area contributed by atoms with Crippen molar-refractivity contribution in [1.29, 1.82) is 0 Å². The maximum Gasteiger partial charge on any atom is 0.266 e. The first-order chi connectivity index (χ1) is 13.1. The van der Waals surface area contributed by atoms with E-state index in [1.165, 1.54) is 21.3 Å². The number of sulfonamides is 1. The number of rotatable bonds is 5. The van der Waals surface area contributed by atoms with Gasteiger partial charge in [0.15, 0.2) is 0 Å². The molecule has 1 aliphatic heterocycles. The Labute approximate surface area is 155 Å². The highest BCUT2D eigenvalue weighted by molar-refractivity contribution is 7.89. The van der Waals surface area contributed by atoms with Gasteiger partial charge >= 0.3 is 0 Å². The quantitative estimate of drug-likeness (QED) is 0.645. The normalized spacial score (nSPS) is 18.0. The largest absolute Gasteiger partial charge is 0.363 e.